The lowest BCUT2D eigenvalue weighted by atomic mass is 10.1. The number of β-amino-alcohol motifs (C(OH)–C–C–N with tert-alkyl or cyclic N) is 1. The Labute approximate surface area is 138 Å². The van der Waals surface area contributed by atoms with Crippen LogP contribution in [-0.2, 0) is 22.0 Å². The molecular formula is C15H22N4O3S. The van der Waals surface area contributed by atoms with Gasteiger partial charge in [0, 0.05) is 51.6 Å². The minimum Gasteiger partial charge on any atom is -0.389 e. The summed E-state index contributed by atoms with van der Waals surface area (Å²) >= 11 is 0. The fourth-order valence-corrected chi connectivity index (χ4v) is 4.80. The van der Waals surface area contributed by atoms with E-state index in [-0.39, 0.29) is 6.10 Å². The Morgan fingerprint density at radius 3 is 2.74 bits per heavy atom. The molecule has 4 rings (SSSR count). The molecule has 0 saturated carbocycles. The summed E-state index contributed by atoms with van der Waals surface area (Å²) in [6, 6.07) is 0.357. The van der Waals surface area contributed by atoms with Crippen LogP contribution in [0.4, 0.5) is 11.8 Å². The number of aliphatic hydroxyl groups excluding tert-OH is 1. The molecule has 4 heterocycles. The van der Waals surface area contributed by atoms with E-state index in [1.807, 2.05) is 11.9 Å². The lowest BCUT2D eigenvalue weighted by Gasteiger charge is -2.37. The third kappa shape index (κ3) is 2.72. The van der Waals surface area contributed by atoms with Gasteiger partial charge in [-0.3, -0.25) is 4.21 Å². The molecule has 0 aliphatic carbocycles. The van der Waals surface area contributed by atoms with Crippen molar-refractivity contribution in [3.8, 4) is 0 Å². The number of hydrogen-bond acceptors (Lipinski definition) is 7. The monoisotopic (exact) mass is 338 g/mol. The maximum atomic E-state index is 12.4. The van der Waals surface area contributed by atoms with Crippen LogP contribution in [0.3, 0.4) is 0 Å². The zero-order valence-corrected chi connectivity index (χ0v) is 14.1. The topological polar surface area (TPSA) is 78.8 Å². The third-order valence-electron chi connectivity index (χ3n) is 4.88. The average molecular weight is 338 g/mol. The Morgan fingerprint density at radius 2 is 2.04 bits per heavy atom. The van der Waals surface area contributed by atoms with Gasteiger partial charge >= 0.3 is 0 Å². The predicted octanol–water partition coefficient (Wildman–Crippen LogP) is -0.0636. The Hall–Kier alpha value is -1.25. The van der Waals surface area contributed by atoms with Crippen molar-refractivity contribution in [2.75, 3.05) is 48.9 Å². The van der Waals surface area contributed by atoms with Crippen LogP contribution in [0.5, 0.6) is 0 Å². The van der Waals surface area contributed by atoms with Gasteiger partial charge in [0.05, 0.1) is 22.6 Å². The predicted molar refractivity (Wildman–Crippen MR) is 87.5 cm³/mol. The summed E-state index contributed by atoms with van der Waals surface area (Å²) in [6.45, 7) is 2.66. The van der Waals surface area contributed by atoms with Crippen LogP contribution in [0.1, 0.15) is 18.5 Å². The number of aliphatic hydroxyl groups is 1. The number of hydrogen-bond donors (Lipinski definition) is 1. The maximum Gasteiger partial charge on any atom is 0.227 e. The highest BCUT2D eigenvalue weighted by Crippen LogP contribution is 2.34. The summed E-state index contributed by atoms with van der Waals surface area (Å²) in [5.74, 6) is 2.08. The van der Waals surface area contributed by atoms with Gasteiger partial charge in [-0.15, -0.1) is 0 Å². The SMILES string of the molecule is CN(c1nc(N2CC(O)C2)nc2c1S(=O)CC2)C1CCOCC1. The molecule has 2 fully saturated rings. The van der Waals surface area contributed by atoms with Gasteiger partial charge < -0.3 is 19.6 Å². The first kappa shape index (κ1) is 15.3. The first-order valence-corrected chi connectivity index (χ1v) is 9.48. The van der Waals surface area contributed by atoms with E-state index in [4.69, 9.17) is 9.72 Å². The zero-order valence-electron chi connectivity index (χ0n) is 13.3. The van der Waals surface area contributed by atoms with Gasteiger partial charge in [-0.05, 0) is 12.8 Å². The van der Waals surface area contributed by atoms with E-state index < -0.39 is 10.8 Å². The van der Waals surface area contributed by atoms with Crippen molar-refractivity contribution in [1.82, 2.24) is 9.97 Å². The van der Waals surface area contributed by atoms with Crippen molar-refractivity contribution in [3.63, 3.8) is 0 Å². The molecule has 0 aromatic carbocycles. The van der Waals surface area contributed by atoms with Gasteiger partial charge in [0.1, 0.15) is 4.90 Å². The molecule has 0 amide bonds. The molecule has 0 spiro atoms. The Kier molecular flexibility index (Phi) is 3.98. The molecule has 7 nitrogen and oxygen atoms in total. The maximum absolute atomic E-state index is 12.4. The minimum absolute atomic E-state index is 0.294. The minimum atomic E-state index is -1.01. The van der Waals surface area contributed by atoms with Crippen molar-refractivity contribution in [2.24, 2.45) is 0 Å². The van der Waals surface area contributed by atoms with Crippen LogP contribution >= 0.6 is 0 Å². The van der Waals surface area contributed by atoms with Crippen LogP contribution in [0.2, 0.25) is 0 Å². The highest BCUT2D eigenvalue weighted by molar-refractivity contribution is 7.85. The largest absolute Gasteiger partial charge is 0.389 e. The van der Waals surface area contributed by atoms with E-state index in [1.165, 1.54) is 0 Å². The summed E-state index contributed by atoms with van der Waals surface area (Å²) < 4.78 is 17.9. The normalized spacial score (nSPS) is 25.3. The Morgan fingerprint density at radius 1 is 1.30 bits per heavy atom. The van der Waals surface area contributed by atoms with Gasteiger partial charge in [-0.2, -0.15) is 4.98 Å². The summed E-state index contributed by atoms with van der Waals surface area (Å²) in [7, 11) is 1.02. The fourth-order valence-electron chi connectivity index (χ4n) is 3.41. The molecule has 3 aliphatic rings. The fraction of sp³-hybridized carbons (Fsp3) is 0.733. The van der Waals surface area contributed by atoms with Gasteiger partial charge in [0.15, 0.2) is 5.82 Å². The van der Waals surface area contributed by atoms with Gasteiger partial charge in [-0.1, -0.05) is 0 Å². The molecule has 1 unspecified atom stereocenters. The lowest BCUT2D eigenvalue weighted by Crippen LogP contribution is -2.51. The van der Waals surface area contributed by atoms with E-state index >= 15 is 0 Å². The summed E-state index contributed by atoms with van der Waals surface area (Å²) in [5.41, 5.74) is 0.906. The van der Waals surface area contributed by atoms with Crippen LogP contribution in [-0.4, -0.2) is 70.5 Å². The van der Waals surface area contributed by atoms with E-state index in [9.17, 15) is 9.32 Å². The molecule has 1 atom stereocenters. The molecule has 8 heteroatoms. The molecule has 0 bridgehead atoms. The quantitative estimate of drug-likeness (QED) is 0.827. The highest BCUT2D eigenvalue weighted by Gasteiger charge is 2.33. The standard InChI is InChI=1S/C15H22N4O3S/c1-18(10-2-5-22-6-3-10)14-13-12(4-7-23(13)21)16-15(17-14)19-8-11(20)9-19/h10-11,20H,2-9H2,1H3. The molecule has 1 aromatic heterocycles. The van der Waals surface area contributed by atoms with Crippen molar-refractivity contribution < 1.29 is 14.1 Å². The Bertz CT molecular complexity index is 629. The van der Waals surface area contributed by atoms with Gasteiger partial charge in [-0.25, -0.2) is 4.98 Å². The van der Waals surface area contributed by atoms with Crippen LogP contribution in [0, 0.1) is 0 Å². The molecular weight excluding hydrogens is 316 g/mol. The van der Waals surface area contributed by atoms with Gasteiger partial charge in [0.25, 0.3) is 0 Å². The second kappa shape index (κ2) is 5.99. The van der Waals surface area contributed by atoms with Crippen molar-refractivity contribution >= 4 is 22.6 Å². The summed E-state index contributed by atoms with van der Waals surface area (Å²) in [6.07, 6.45) is 2.36. The van der Waals surface area contributed by atoms with E-state index in [1.54, 1.807) is 0 Å². The summed E-state index contributed by atoms with van der Waals surface area (Å²) in [4.78, 5) is 14.3. The average Bonchev–Trinajstić information content (AvgIpc) is 2.92. The smallest absolute Gasteiger partial charge is 0.227 e. The molecule has 0 radical (unpaired) electrons. The molecule has 3 aliphatic heterocycles. The third-order valence-corrected chi connectivity index (χ3v) is 6.32. The molecule has 126 valence electrons. The number of ether oxygens (including phenoxy) is 1. The van der Waals surface area contributed by atoms with Crippen molar-refractivity contribution in [2.45, 2.75) is 36.3 Å². The number of aromatic nitrogens is 2. The number of anilines is 2. The Balaban J connectivity index is 1.69. The first-order chi connectivity index (χ1) is 11.1. The molecule has 1 N–H and O–H groups in total. The molecule has 1 aromatic rings. The van der Waals surface area contributed by atoms with E-state index in [0.29, 0.717) is 30.8 Å². The number of nitrogens with zero attached hydrogens (tertiary/aromatic N) is 4. The van der Waals surface area contributed by atoms with Crippen LogP contribution < -0.4 is 9.80 Å². The summed E-state index contributed by atoms with van der Waals surface area (Å²) in [5, 5.41) is 9.53. The first-order valence-electron chi connectivity index (χ1n) is 8.16. The number of rotatable bonds is 3. The van der Waals surface area contributed by atoms with Crippen LogP contribution in [0.15, 0.2) is 4.90 Å². The number of aryl methyl sites for hydroxylation is 1. The van der Waals surface area contributed by atoms with Gasteiger partial charge in [0.2, 0.25) is 5.95 Å². The lowest BCUT2D eigenvalue weighted by molar-refractivity contribution is 0.0852. The number of fused-ring (bicyclic) bond motifs is 1. The zero-order chi connectivity index (χ0) is 16.0. The second-order valence-electron chi connectivity index (χ2n) is 6.44. The van der Waals surface area contributed by atoms with Crippen molar-refractivity contribution in [3.05, 3.63) is 5.69 Å². The molecule has 23 heavy (non-hydrogen) atoms. The van der Waals surface area contributed by atoms with E-state index in [2.05, 4.69) is 9.88 Å². The highest BCUT2D eigenvalue weighted by atomic mass is 32.2. The molecule has 2 saturated heterocycles. The second-order valence-corrected chi connectivity index (χ2v) is 7.94. The van der Waals surface area contributed by atoms with Crippen molar-refractivity contribution in [1.29, 1.82) is 0 Å². The van der Waals surface area contributed by atoms with Crippen LogP contribution in [0.25, 0.3) is 0 Å². The van der Waals surface area contributed by atoms with E-state index in [0.717, 1.165) is 48.9 Å².